The molecule has 1 heterocycles. The number of halogens is 1. The van der Waals surface area contributed by atoms with E-state index in [0.717, 1.165) is 19.4 Å². The highest BCUT2D eigenvalue weighted by Crippen LogP contribution is 1.93. The molecule has 0 fully saturated rings. The Labute approximate surface area is 108 Å². The molecule has 1 unspecified atom stereocenters. The van der Waals surface area contributed by atoms with Gasteiger partial charge in [-0.05, 0) is 25.8 Å². The molecule has 0 saturated heterocycles. The zero-order valence-electron chi connectivity index (χ0n) is 10.1. The van der Waals surface area contributed by atoms with Crippen molar-refractivity contribution < 1.29 is 4.79 Å². The molecule has 0 aliphatic carbocycles. The summed E-state index contributed by atoms with van der Waals surface area (Å²) >= 11 is 0. The summed E-state index contributed by atoms with van der Waals surface area (Å²) in [5.74, 6) is 0.0813. The molecule has 1 aromatic rings. The van der Waals surface area contributed by atoms with Crippen LogP contribution in [-0.2, 0) is 11.3 Å². The Bertz CT molecular complexity index is 300. The molecule has 1 atom stereocenters. The van der Waals surface area contributed by atoms with Gasteiger partial charge in [0.15, 0.2) is 0 Å². The highest BCUT2D eigenvalue weighted by molar-refractivity contribution is 5.85. The first-order valence-electron chi connectivity index (χ1n) is 5.68. The molecule has 17 heavy (non-hydrogen) atoms. The third kappa shape index (κ3) is 7.76. The molecule has 0 aliphatic rings. The Morgan fingerprint density at radius 1 is 1.59 bits per heavy atom. The number of amides is 1. The van der Waals surface area contributed by atoms with Crippen LogP contribution in [0, 0.1) is 0 Å². The minimum Gasteiger partial charge on any atom is -0.356 e. The molecule has 5 nitrogen and oxygen atoms in total. The Morgan fingerprint density at radius 3 is 2.94 bits per heavy atom. The van der Waals surface area contributed by atoms with Crippen LogP contribution in [0.2, 0.25) is 0 Å². The lowest BCUT2D eigenvalue weighted by Crippen LogP contribution is -2.27. The van der Waals surface area contributed by atoms with Gasteiger partial charge < -0.3 is 11.1 Å². The van der Waals surface area contributed by atoms with Crippen molar-refractivity contribution in [3.63, 3.8) is 0 Å². The maximum Gasteiger partial charge on any atom is 0.220 e. The lowest BCUT2D eigenvalue weighted by atomic mass is 10.2. The van der Waals surface area contributed by atoms with Crippen LogP contribution in [0.15, 0.2) is 18.5 Å². The summed E-state index contributed by atoms with van der Waals surface area (Å²) in [5, 5.41) is 6.94. The Kier molecular flexibility index (Phi) is 8.44. The second-order valence-electron chi connectivity index (χ2n) is 3.99. The summed E-state index contributed by atoms with van der Waals surface area (Å²) in [6, 6.07) is 1.98. The predicted molar refractivity (Wildman–Crippen MR) is 70.0 cm³/mol. The van der Waals surface area contributed by atoms with Gasteiger partial charge in [-0.2, -0.15) is 5.10 Å². The monoisotopic (exact) mass is 260 g/mol. The molecule has 0 spiro atoms. The van der Waals surface area contributed by atoms with Crippen molar-refractivity contribution in [3.05, 3.63) is 18.5 Å². The third-order valence-corrected chi connectivity index (χ3v) is 2.27. The molecule has 1 amide bonds. The number of rotatable bonds is 7. The standard InChI is InChI=1S/C11H20N4O.ClH/c1-10(12)4-5-11(16)13-6-2-8-15-9-3-7-14-15;/h3,7,9-10H,2,4-6,8,12H2,1H3,(H,13,16);1H. The van der Waals surface area contributed by atoms with Gasteiger partial charge in [0.1, 0.15) is 0 Å². The number of aromatic nitrogens is 2. The van der Waals surface area contributed by atoms with Crippen LogP contribution in [-0.4, -0.2) is 28.3 Å². The van der Waals surface area contributed by atoms with Crippen LogP contribution in [0.25, 0.3) is 0 Å². The van der Waals surface area contributed by atoms with E-state index in [1.54, 1.807) is 6.20 Å². The topological polar surface area (TPSA) is 72.9 Å². The van der Waals surface area contributed by atoms with Crippen molar-refractivity contribution in [1.82, 2.24) is 15.1 Å². The number of nitrogens with two attached hydrogens (primary N) is 1. The number of nitrogens with zero attached hydrogens (tertiary/aromatic N) is 2. The number of carbonyl (C=O) groups excluding carboxylic acids is 1. The number of nitrogens with one attached hydrogen (secondary N) is 1. The smallest absolute Gasteiger partial charge is 0.220 e. The van der Waals surface area contributed by atoms with Gasteiger partial charge in [0.05, 0.1) is 0 Å². The second kappa shape index (κ2) is 9.01. The first-order valence-corrected chi connectivity index (χ1v) is 5.68. The average molecular weight is 261 g/mol. The molecule has 6 heteroatoms. The van der Waals surface area contributed by atoms with Crippen LogP contribution in [0.3, 0.4) is 0 Å². The summed E-state index contributed by atoms with van der Waals surface area (Å²) in [6.07, 6.45) is 5.81. The van der Waals surface area contributed by atoms with Gasteiger partial charge in [-0.15, -0.1) is 12.4 Å². The zero-order valence-corrected chi connectivity index (χ0v) is 10.9. The maximum atomic E-state index is 11.3. The van der Waals surface area contributed by atoms with Gasteiger partial charge in [0, 0.05) is 37.9 Å². The van der Waals surface area contributed by atoms with E-state index < -0.39 is 0 Å². The highest BCUT2D eigenvalue weighted by atomic mass is 35.5. The van der Waals surface area contributed by atoms with Crippen LogP contribution in [0.5, 0.6) is 0 Å². The number of hydrogen-bond acceptors (Lipinski definition) is 3. The van der Waals surface area contributed by atoms with E-state index >= 15 is 0 Å². The van der Waals surface area contributed by atoms with E-state index in [9.17, 15) is 4.79 Å². The minimum absolute atomic E-state index is 0. The van der Waals surface area contributed by atoms with Crippen molar-refractivity contribution in [2.75, 3.05) is 6.54 Å². The highest BCUT2D eigenvalue weighted by Gasteiger charge is 2.02. The summed E-state index contributed by atoms with van der Waals surface area (Å²) in [6.45, 7) is 3.43. The molecular weight excluding hydrogens is 240 g/mol. The SMILES string of the molecule is CC(N)CCC(=O)NCCCn1cccn1.Cl. The van der Waals surface area contributed by atoms with Crippen molar-refractivity contribution >= 4 is 18.3 Å². The van der Waals surface area contributed by atoms with Gasteiger partial charge in [0.2, 0.25) is 5.91 Å². The molecular formula is C11H21ClN4O. The van der Waals surface area contributed by atoms with E-state index in [0.29, 0.717) is 13.0 Å². The Morgan fingerprint density at radius 2 is 2.35 bits per heavy atom. The van der Waals surface area contributed by atoms with Gasteiger partial charge in [0.25, 0.3) is 0 Å². The van der Waals surface area contributed by atoms with E-state index in [-0.39, 0.29) is 24.4 Å². The van der Waals surface area contributed by atoms with E-state index in [4.69, 9.17) is 5.73 Å². The normalized spacial score (nSPS) is 11.6. The molecule has 0 bridgehead atoms. The largest absolute Gasteiger partial charge is 0.356 e. The fraction of sp³-hybridized carbons (Fsp3) is 0.636. The van der Waals surface area contributed by atoms with Crippen molar-refractivity contribution in [3.8, 4) is 0 Å². The quantitative estimate of drug-likeness (QED) is 0.717. The molecule has 0 aliphatic heterocycles. The van der Waals surface area contributed by atoms with Gasteiger partial charge in [-0.1, -0.05) is 0 Å². The van der Waals surface area contributed by atoms with Crippen LogP contribution in [0.4, 0.5) is 0 Å². The summed E-state index contributed by atoms with van der Waals surface area (Å²) < 4.78 is 1.86. The molecule has 1 aromatic heterocycles. The van der Waals surface area contributed by atoms with Crippen LogP contribution >= 0.6 is 12.4 Å². The van der Waals surface area contributed by atoms with E-state index in [1.165, 1.54) is 0 Å². The van der Waals surface area contributed by atoms with Crippen molar-refractivity contribution in [1.29, 1.82) is 0 Å². The lowest BCUT2D eigenvalue weighted by molar-refractivity contribution is -0.121. The minimum atomic E-state index is 0. The molecule has 3 N–H and O–H groups in total. The summed E-state index contributed by atoms with van der Waals surface area (Å²) in [4.78, 5) is 11.3. The molecule has 98 valence electrons. The molecule has 0 radical (unpaired) electrons. The third-order valence-electron chi connectivity index (χ3n) is 2.27. The molecule has 0 aromatic carbocycles. The van der Waals surface area contributed by atoms with E-state index in [1.807, 2.05) is 23.9 Å². The number of aryl methyl sites for hydroxylation is 1. The van der Waals surface area contributed by atoms with Crippen LogP contribution < -0.4 is 11.1 Å². The van der Waals surface area contributed by atoms with Crippen molar-refractivity contribution in [2.24, 2.45) is 5.73 Å². The zero-order chi connectivity index (χ0) is 11.8. The molecule has 0 saturated carbocycles. The molecule has 1 rings (SSSR count). The average Bonchev–Trinajstić information content (AvgIpc) is 2.74. The number of hydrogen-bond donors (Lipinski definition) is 2. The van der Waals surface area contributed by atoms with Gasteiger partial charge in [-0.3, -0.25) is 9.48 Å². The fourth-order valence-corrected chi connectivity index (χ4v) is 1.35. The van der Waals surface area contributed by atoms with Gasteiger partial charge in [-0.25, -0.2) is 0 Å². The Balaban J connectivity index is 0.00000256. The van der Waals surface area contributed by atoms with Crippen LogP contribution in [0.1, 0.15) is 26.2 Å². The lowest BCUT2D eigenvalue weighted by Gasteiger charge is -2.06. The predicted octanol–water partition coefficient (Wildman–Crippen LogP) is 0.939. The summed E-state index contributed by atoms with van der Waals surface area (Å²) in [5.41, 5.74) is 5.57. The van der Waals surface area contributed by atoms with E-state index in [2.05, 4.69) is 10.4 Å². The first kappa shape index (κ1) is 15.9. The first-order chi connectivity index (χ1) is 7.68. The second-order valence-corrected chi connectivity index (χ2v) is 3.99. The fourth-order valence-electron chi connectivity index (χ4n) is 1.35. The number of carbonyl (C=O) groups is 1. The van der Waals surface area contributed by atoms with Crippen molar-refractivity contribution in [2.45, 2.75) is 38.8 Å². The summed E-state index contributed by atoms with van der Waals surface area (Å²) in [7, 11) is 0. The Hall–Kier alpha value is -1.07. The van der Waals surface area contributed by atoms with Gasteiger partial charge >= 0.3 is 0 Å². The maximum absolute atomic E-state index is 11.3.